The van der Waals surface area contributed by atoms with Gasteiger partial charge in [0.05, 0.1) is 6.33 Å². The second-order valence-electron chi connectivity index (χ2n) is 4.33. The Hall–Kier alpha value is -1.61. The molecule has 0 spiro atoms. The maximum atomic E-state index is 4.04. The minimum atomic E-state index is 0.573. The molecule has 17 heavy (non-hydrogen) atoms. The van der Waals surface area contributed by atoms with Crippen LogP contribution in [-0.2, 0) is 6.54 Å². The van der Waals surface area contributed by atoms with Gasteiger partial charge in [0, 0.05) is 30.7 Å². The summed E-state index contributed by atoms with van der Waals surface area (Å²) in [6.45, 7) is 5.33. The molecule has 1 unspecified atom stereocenters. The van der Waals surface area contributed by atoms with Crippen LogP contribution in [0.3, 0.4) is 0 Å². The van der Waals surface area contributed by atoms with E-state index in [0.29, 0.717) is 6.04 Å². The molecule has 1 heterocycles. The fourth-order valence-electron chi connectivity index (χ4n) is 1.63. The number of rotatable bonds is 5. The monoisotopic (exact) mass is 229 g/mol. The Balaban J connectivity index is 1.99. The van der Waals surface area contributed by atoms with Gasteiger partial charge in [0.2, 0.25) is 0 Å². The minimum Gasteiger partial charge on any atom is -0.310 e. The zero-order chi connectivity index (χ0) is 12.1. The van der Waals surface area contributed by atoms with Crippen molar-refractivity contribution in [2.24, 2.45) is 0 Å². The predicted molar refractivity (Wildman–Crippen MR) is 70.2 cm³/mol. The molecule has 2 rings (SSSR count). The van der Waals surface area contributed by atoms with Crippen molar-refractivity contribution < 1.29 is 0 Å². The fourth-order valence-corrected chi connectivity index (χ4v) is 1.63. The number of benzene rings is 1. The molecule has 1 N–H and O–H groups in total. The van der Waals surface area contributed by atoms with E-state index in [4.69, 9.17) is 0 Å². The number of aromatic nitrogens is 2. The van der Waals surface area contributed by atoms with Gasteiger partial charge in [0.25, 0.3) is 0 Å². The Bertz CT molecular complexity index is 431. The van der Waals surface area contributed by atoms with Gasteiger partial charge in [-0.2, -0.15) is 0 Å². The first kappa shape index (κ1) is 11.9. The normalized spacial score (nSPS) is 12.6. The van der Waals surface area contributed by atoms with Gasteiger partial charge in [-0.05, 0) is 31.0 Å². The molecule has 0 radical (unpaired) electrons. The summed E-state index contributed by atoms with van der Waals surface area (Å²) in [5.74, 6) is 0. The van der Waals surface area contributed by atoms with Gasteiger partial charge in [0.1, 0.15) is 0 Å². The van der Waals surface area contributed by atoms with Gasteiger partial charge >= 0.3 is 0 Å². The molecule has 0 saturated carbocycles. The van der Waals surface area contributed by atoms with Crippen LogP contribution in [0.2, 0.25) is 0 Å². The number of nitrogens with one attached hydrogen (secondary N) is 1. The first-order chi connectivity index (χ1) is 8.29. The molecule has 0 saturated heterocycles. The van der Waals surface area contributed by atoms with Crippen molar-refractivity contribution >= 4 is 0 Å². The predicted octanol–water partition coefficient (Wildman–Crippen LogP) is 2.76. The lowest BCUT2D eigenvalue weighted by molar-refractivity contribution is 0.534. The van der Waals surface area contributed by atoms with Crippen molar-refractivity contribution in [2.75, 3.05) is 0 Å². The van der Waals surface area contributed by atoms with Gasteiger partial charge in [0.15, 0.2) is 0 Å². The Labute approximate surface area is 103 Å². The van der Waals surface area contributed by atoms with Gasteiger partial charge < -0.3 is 9.88 Å². The fraction of sp³-hybridized carbons (Fsp3) is 0.357. The van der Waals surface area contributed by atoms with Crippen molar-refractivity contribution in [3.63, 3.8) is 0 Å². The molecule has 1 aromatic carbocycles. The first-order valence-electron chi connectivity index (χ1n) is 6.10. The molecule has 3 nitrogen and oxygen atoms in total. The number of imidazole rings is 1. The van der Waals surface area contributed by atoms with Crippen LogP contribution in [0.1, 0.15) is 25.8 Å². The van der Waals surface area contributed by atoms with E-state index in [0.717, 1.165) is 18.7 Å². The van der Waals surface area contributed by atoms with Crippen LogP contribution in [-0.4, -0.2) is 15.6 Å². The lowest BCUT2D eigenvalue weighted by atomic mass is 10.2. The van der Waals surface area contributed by atoms with Gasteiger partial charge in [-0.15, -0.1) is 0 Å². The third kappa shape index (κ3) is 3.17. The lowest BCUT2D eigenvalue weighted by Gasteiger charge is -2.11. The number of nitrogens with zero attached hydrogens (tertiary/aromatic N) is 2. The third-order valence-corrected chi connectivity index (χ3v) is 3.01. The second kappa shape index (κ2) is 5.64. The van der Waals surface area contributed by atoms with Crippen molar-refractivity contribution in [3.8, 4) is 5.69 Å². The minimum absolute atomic E-state index is 0.573. The van der Waals surface area contributed by atoms with E-state index >= 15 is 0 Å². The van der Waals surface area contributed by atoms with E-state index < -0.39 is 0 Å². The molecule has 90 valence electrons. The molecule has 3 heteroatoms. The van der Waals surface area contributed by atoms with E-state index in [-0.39, 0.29) is 0 Å². The standard InChI is InChI=1S/C14H19N3/c1-3-12(2)16-10-13-4-6-14(7-5-13)17-9-8-15-11-17/h4-9,11-12,16H,3,10H2,1-2H3. The average Bonchev–Trinajstić information content (AvgIpc) is 2.90. The maximum absolute atomic E-state index is 4.04. The lowest BCUT2D eigenvalue weighted by Crippen LogP contribution is -2.24. The highest BCUT2D eigenvalue weighted by Crippen LogP contribution is 2.09. The van der Waals surface area contributed by atoms with E-state index in [1.54, 1.807) is 6.20 Å². The molecule has 0 aliphatic carbocycles. The first-order valence-corrected chi connectivity index (χ1v) is 6.10. The SMILES string of the molecule is CCC(C)NCc1ccc(-n2ccnc2)cc1. The Morgan fingerprint density at radius 3 is 2.65 bits per heavy atom. The maximum Gasteiger partial charge on any atom is 0.0991 e. The van der Waals surface area contributed by atoms with Gasteiger partial charge in [-0.3, -0.25) is 0 Å². The summed E-state index contributed by atoms with van der Waals surface area (Å²) in [6.07, 6.45) is 6.71. The van der Waals surface area contributed by atoms with Crippen molar-refractivity contribution in [2.45, 2.75) is 32.9 Å². The molecular formula is C14H19N3. The summed E-state index contributed by atoms with van der Waals surface area (Å²) < 4.78 is 2.01. The van der Waals surface area contributed by atoms with Crippen LogP contribution in [0.5, 0.6) is 0 Å². The topological polar surface area (TPSA) is 29.9 Å². The summed E-state index contributed by atoms with van der Waals surface area (Å²) in [7, 11) is 0. The van der Waals surface area contributed by atoms with Crippen LogP contribution in [0.4, 0.5) is 0 Å². The third-order valence-electron chi connectivity index (χ3n) is 3.01. The summed E-state index contributed by atoms with van der Waals surface area (Å²) in [4.78, 5) is 4.04. The molecular weight excluding hydrogens is 210 g/mol. The smallest absolute Gasteiger partial charge is 0.0991 e. The summed E-state index contributed by atoms with van der Waals surface area (Å²) in [6, 6.07) is 9.13. The quantitative estimate of drug-likeness (QED) is 0.854. The van der Waals surface area contributed by atoms with Crippen LogP contribution in [0.15, 0.2) is 43.0 Å². The number of hydrogen-bond donors (Lipinski definition) is 1. The molecule has 1 atom stereocenters. The van der Waals surface area contributed by atoms with Crippen LogP contribution in [0, 0.1) is 0 Å². The second-order valence-corrected chi connectivity index (χ2v) is 4.33. The molecule has 0 bridgehead atoms. The van der Waals surface area contributed by atoms with E-state index in [1.165, 1.54) is 5.56 Å². The zero-order valence-electron chi connectivity index (χ0n) is 10.4. The summed E-state index contributed by atoms with van der Waals surface area (Å²) in [5.41, 5.74) is 2.46. The van der Waals surface area contributed by atoms with Crippen LogP contribution in [0.25, 0.3) is 5.69 Å². The Kier molecular flexibility index (Phi) is 3.94. The Morgan fingerprint density at radius 1 is 1.29 bits per heavy atom. The van der Waals surface area contributed by atoms with Gasteiger partial charge in [-0.25, -0.2) is 4.98 Å². The molecule has 0 fully saturated rings. The zero-order valence-corrected chi connectivity index (χ0v) is 10.4. The van der Waals surface area contributed by atoms with E-state index in [2.05, 4.69) is 48.4 Å². The van der Waals surface area contributed by atoms with Crippen molar-refractivity contribution in [3.05, 3.63) is 48.5 Å². The molecule has 1 aromatic heterocycles. The highest BCUT2D eigenvalue weighted by molar-refractivity contribution is 5.34. The molecule has 0 aliphatic rings. The van der Waals surface area contributed by atoms with Crippen molar-refractivity contribution in [1.29, 1.82) is 0 Å². The largest absolute Gasteiger partial charge is 0.310 e. The number of hydrogen-bond acceptors (Lipinski definition) is 2. The summed E-state index contributed by atoms with van der Waals surface area (Å²) >= 11 is 0. The van der Waals surface area contributed by atoms with E-state index in [9.17, 15) is 0 Å². The van der Waals surface area contributed by atoms with Crippen LogP contribution >= 0.6 is 0 Å². The van der Waals surface area contributed by atoms with Crippen LogP contribution < -0.4 is 5.32 Å². The van der Waals surface area contributed by atoms with Crippen molar-refractivity contribution in [1.82, 2.24) is 14.9 Å². The van der Waals surface area contributed by atoms with E-state index in [1.807, 2.05) is 17.1 Å². The molecule has 0 aliphatic heterocycles. The molecule has 0 amide bonds. The Morgan fingerprint density at radius 2 is 2.06 bits per heavy atom. The molecule has 2 aromatic rings. The highest BCUT2D eigenvalue weighted by atomic mass is 15.0. The summed E-state index contributed by atoms with van der Waals surface area (Å²) in [5, 5.41) is 3.48. The van der Waals surface area contributed by atoms with Gasteiger partial charge in [-0.1, -0.05) is 19.1 Å². The highest BCUT2D eigenvalue weighted by Gasteiger charge is 1.99. The average molecular weight is 229 g/mol.